The first-order chi connectivity index (χ1) is 13.3. The lowest BCUT2D eigenvalue weighted by Gasteiger charge is -2.23. The summed E-state index contributed by atoms with van der Waals surface area (Å²) in [7, 11) is 1.45. The summed E-state index contributed by atoms with van der Waals surface area (Å²) in [5.74, 6) is 0.435. The SMILES string of the molecule is O=S(=O)(Cl)c1cc(OC2CCOCC2)c2cnc(-c3nnc(C(F)F)s3)n2c1. The Labute approximate surface area is 166 Å². The quantitative estimate of drug-likeness (QED) is 0.550. The third kappa shape index (κ3) is 3.81. The van der Waals surface area contributed by atoms with E-state index < -0.39 is 20.5 Å². The second-order valence-electron chi connectivity index (χ2n) is 5.99. The Balaban J connectivity index is 1.83. The van der Waals surface area contributed by atoms with Gasteiger partial charge in [-0.25, -0.2) is 22.2 Å². The summed E-state index contributed by atoms with van der Waals surface area (Å²) in [6, 6.07) is 1.32. The highest BCUT2D eigenvalue weighted by Gasteiger charge is 2.23. The molecule has 4 heterocycles. The first-order valence-corrected chi connectivity index (χ1v) is 11.3. The number of ether oxygens (including phenoxy) is 2. The molecule has 3 aromatic rings. The van der Waals surface area contributed by atoms with Crippen molar-refractivity contribution >= 4 is 36.6 Å². The third-order valence-electron chi connectivity index (χ3n) is 4.14. The molecule has 1 aliphatic rings. The zero-order valence-corrected chi connectivity index (χ0v) is 16.5. The number of aromatic nitrogens is 4. The molecule has 3 aromatic heterocycles. The predicted octanol–water partition coefficient (Wildman–Crippen LogP) is 3.28. The zero-order chi connectivity index (χ0) is 19.9. The standard InChI is InChI=1S/C15H13ClF2N4O4S2/c16-28(23,24)9-5-11(26-8-1-3-25-4-2-8)10-6-19-13(22(10)7-9)15-21-20-14(27-15)12(17)18/h5-8,12H,1-4H2. The predicted molar refractivity (Wildman–Crippen MR) is 96.6 cm³/mol. The highest BCUT2D eigenvalue weighted by Crippen LogP contribution is 2.34. The van der Waals surface area contributed by atoms with E-state index in [-0.39, 0.29) is 27.6 Å². The Bertz CT molecular complexity index is 1110. The maximum Gasteiger partial charge on any atom is 0.291 e. The van der Waals surface area contributed by atoms with Crippen molar-refractivity contribution in [3.05, 3.63) is 23.5 Å². The van der Waals surface area contributed by atoms with Crippen LogP contribution in [0.1, 0.15) is 24.3 Å². The van der Waals surface area contributed by atoms with Gasteiger partial charge in [0.05, 0.1) is 19.4 Å². The number of imidazole rings is 1. The molecule has 0 unspecified atom stereocenters. The van der Waals surface area contributed by atoms with Gasteiger partial charge < -0.3 is 9.47 Å². The van der Waals surface area contributed by atoms with E-state index in [1.165, 1.54) is 22.9 Å². The normalized spacial score (nSPS) is 16.1. The van der Waals surface area contributed by atoms with Gasteiger partial charge in [-0.3, -0.25) is 4.40 Å². The summed E-state index contributed by atoms with van der Waals surface area (Å²) in [6.07, 6.45) is 1.09. The van der Waals surface area contributed by atoms with E-state index in [1.807, 2.05) is 0 Å². The van der Waals surface area contributed by atoms with Gasteiger partial charge in [-0.2, -0.15) is 0 Å². The van der Waals surface area contributed by atoms with Gasteiger partial charge in [-0.05, 0) is 0 Å². The van der Waals surface area contributed by atoms with Crippen molar-refractivity contribution in [2.45, 2.75) is 30.3 Å². The van der Waals surface area contributed by atoms with Crippen LogP contribution in [0.4, 0.5) is 8.78 Å². The molecule has 0 aromatic carbocycles. The van der Waals surface area contributed by atoms with Crippen LogP contribution in [0.2, 0.25) is 0 Å². The van der Waals surface area contributed by atoms with Crippen LogP contribution in [0.3, 0.4) is 0 Å². The van der Waals surface area contributed by atoms with Gasteiger partial charge in [0.15, 0.2) is 15.8 Å². The molecule has 1 fully saturated rings. The van der Waals surface area contributed by atoms with Crippen LogP contribution >= 0.6 is 22.0 Å². The molecule has 8 nitrogen and oxygen atoms in total. The molecule has 0 radical (unpaired) electrons. The van der Waals surface area contributed by atoms with Gasteiger partial charge in [-0.1, -0.05) is 11.3 Å². The number of fused-ring (bicyclic) bond motifs is 1. The Morgan fingerprint density at radius 3 is 2.71 bits per heavy atom. The number of nitrogens with zero attached hydrogens (tertiary/aromatic N) is 4. The monoisotopic (exact) mass is 450 g/mol. The summed E-state index contributed by atoms with van der Waals surface area (Å²) in [5, 5.41) is 6.84. The molecule has 1 aliphatic heterocycles. The van der Waals surface area contributed by atoms with Gasteiger partial charge in [0.2, 0.25) is 0 Å². The average Bonchev–Trinajstić information content (AvgIpc) is 3.28. The fourth-order valence-corrected chi connectivity index (χ4v) is 4.24. The van der Waals surface area contributed by atoms with Crippen LogP contribution in [0.25, 0.3) is 16.3 Å². The molecule has 0 bridgehead atoms. The second-order valence-corrected chi connectivity index (χ2v) is 9.57. The van der Waals surface area contributed by atoms with E-state index >= 15 is 0 Å². The lowest BCUT2D eigenvalue weighted by Crippen LogP contribution is -2.26. The van der Waals surface area contributed by atoms with Crippen molar-refractivity contribution in [3.63, 3.8) is 0 Å². The highest BCUT2D eigenvalue weighted by atomic mass is 35.7. The minimum absolute atomic E-state index is 0.122. The van der Waals surface area contributed by atoms with E-state index in [0.717, 1.165) is 0 Å². The zero-order valence-electron chi connectivity index (χ0n) is 14.1. The Kier molecular flexibility index (Phi) is 5.21. The molecule has 4 rings (SSSR count). The molecule has 13 heteroatoms. The number of rotatable bonds is 5. The summed E-state index contributed by atoms with van der Waals surface area (Å²) < 4.78 is 62.2. The Morgan fingerprint density at radius 1 is 1.32 bits per heavy atom. The topological polar surface area (TPSA) is 95.7 Å². The number of alkyl halides is 2. The Morgan fingerprint density at radius 2 is 2.07 bits per heavy atom. The Hall–Kier alpha value is -1.89. The van der Waals surface area contributed by atoms with Crippen molar-refractivity contribution in [1.82, 2.24) is 19.6 Å². The van der Waals surface area contributed by atoms with Crippen molar-refractivity contribution in [2.75, 3.05) is 13.2 Å². The number of hydrogen-bond donors (Lipinski definition) is 0. The number of halogens is 3. The van der Waals surface area contributed by atoms with Gasteiger partial charge in [-0.15, -0.1) is 10.2 Å². The minimum Gasteiger partial charge on any atom is -0.488 e. The number of hydrogen-bond acceptors (Lipinski definition) is 8. The molecule has 0 saturated carbocycles. The van der Waals surface area contributed by atoms with Crippen molar-refractivity contribution in [1.29, 1.82) is 0 Å². The van der Waals surface area contributed by atoms with Gasteiger partial charge in [0.25, 0.3) is 15.5 Å². The summed E-state index contributed by atoms with van der Waals surface area (Å²) in [6.45, 7) is 1.08. The first-order valence-electron chi connectivity index (χ1n) is 8.15. The summed E-state index contributed by atoms with van der Waals surface area (Å²) in [5.41, 5.74) is 0.458. The summed E-state index contributed by atoms with van der Waals surface area (Å²) in [4.78, 5) is 3.99. The third-order valence-corrected chi connectivity index (χ3v) is 6.39. The van der Waals surface area contributed by atoms with Crippen molar-refractivity contribution in [3.8, 4) is 16.6 Å². The fraction of sp³-hybridized carbons (Fsp3) is 0.400. The smallest absolute Gasteiger partial charge is 0.291 e. The minimum atomic E-state index is -4.08. The molecule has 0 aliphatic carbocycles. The first kappa shape index (κ1) is 19.4. The second kappa shape index (κ2) is 7.50. The molecule has 0 amide bonds. The lowest BCUT2D eigenvalue weighted by molar-refractivity contribution is 0.0259. The van der Waals surface area contributed by atoms with Crippen molar-refractivity contribution < 1.29 is 26.7 Å². The maximum atomic E-state index is 12.8. The molecule has 0 spiro atoms. The molecule has 150 valence electrons. The van der Waals surface area contributed by atoms with Gasteiger partial charge in [0, 0.05) is 35.8 Å². The average molecular weight is 451 g/mol. The van der Waals surface area contributed by atoms with E-state index in [1.54, 1.807) is 0 Å². The summed E-state index contributed by atoms with van der Waals surface area (Å²) >= 11 is 0.673. The van der Waals surface area contributed by atoms with Crippen molar-refractivity contribution in [2.24, 2.45) is 0 Å². The van der Waals surface area contributed by atoms with E-state index in [9.17, 15) is 17.2 Å². The van der Waals surface area contributed by atoms with Gasteiger partial charge in [0.1, 0.15) is 22.3 Å². The van der Waals surface area contributed by atoms with Crippen LogP contribution in [0, 0.1) is 0 Å². The molecule has 0 atom stereocenters. The fourth-order valence-electron chi connectivity index (χ4n) is 2.81. The van der Waals surface area contributed by atoms with E-state index in [0.29, 0.717) is 42.9 Å². The lowest BCUT2D eigenvalue weighted by atomic mass is 10.1. The van der Waals surface area contributed by atoms with Crippen LogP contribution in [0.5, 0.6) is 5.75 Å². The highest BCUT2D eigenvalue weighted by molar-refractivity contribution is 8.13. The molecular weight excluding hydrogens is 438 g/mol. The molecule has 1 saturated heterocycles. The van der Waals surface area contributed by atoms with Gasteiger partial charge >= 0.3 is 0 Å². The molecular formula is C15H13ClF2N4O4S2. The van der Waals surface area contributed by atoms with Crippen LogP contribution < -0.4 is 4.74 Å². The molecule has 28 heavy (non-hydrogen) atoms. The molecule has 0 N–H and O–H groups in total. The largest absolute Gasteiger partial charge is 0.488 e. The van der Waals surface area contributed by atoms with Crippen LogP contribution in [-0.4, -0.2) is 47.3 Å². The van der Waals surface area contributed by atoms with E-state index in [2.05, 4.69) is 15.2 Å². The van der Waals surface area contributed by atoms with E-state index in [4.69, 9.17) is 20.2 Å². The van der Waals surface area contributed by atoms with Crippen LogP contribution in [-0.2, 0) is 13.8 Å². The van der Waals surface area contributed by atoms with Crippen LogP contribution in [0.15, 0.2) is 23.4 Å². The number of pyridine rings is 1. The maximum absolute atomic E-state index is 12.8.